The van der Waals surface area contributed by atoms with Crippen molar-refractivity contribution in [2.75, 3.05) is 24.3 Å². The first-order chi connectivity index (χ1) is 9.08. The van der Waals surface area contributed by atoms with E-state index >= 15 is 0 Å². The Kier molecular flexibility index (Phi) is 4.27. The lowest BCUT2D eigenvalue weighted by atomic mass is 10.1. The van der Waals surface area contributed by atoms with Gasteiger partial charge in [0.1, 0.15) is 0 Å². The molecule has 1 aromatic heterocycles. The van der Waals surface area contributed by atoms with Gasteiger partial charge in [-0.2, -0.15) is 0 Å². The Labute approximate surface area is 119 Å². The molecule has 0 bridgehead atoms. The molecular formula is C15H18ClN3. The molecule has 2 rings (SSSR count). The molecule has 0 aliphatic rings. The summed E-state index contributed by atoms with van der Waals surface area (Å²) in [6.07, 6.45) is 3.65. The number of hydrogen-bond acceptors (Lipinski definition) is 3. The van der Waals surface area contributed by atoms with Crippen LogP contribution in [-0.2, 0) is 0 Å². The lowest BCUT2D eigenvalue weighted by Gasteiger charge is -2.18. The summed E-state index contributed by atoms with van der Waals surface area (Å²) in [4.78, 5) is 6.13. The third-order valence-corrected chi connectivity index (χ3v) is 3.30. The summed E-state index contributed by atoms with van der Waals surface area (Å²) in [6, 6.07) is 10.2. The molecule has 0 radical (unpaired) electrons. The second kappa shape index (κ2) is 5.93. The molecule has 1 atom stereocenters. The molecule has 0 saturated heterocycles. The summed E-state index contributed by atoms with van der Waals surface area (Å²) in [6.45, 7) is 2.10. The van der Waals surface area contributed by atoms with Crippen LogP contribution in [0.2, 0.25) is 5.02 Å². The van der Waals surface area contributed by atoms with Crippen LogP contribution in [0.1, 0.15) is 18.5 Å². The molecule has 1 unspecified atom stereocenters. The Morgan fingerprint density at radius 3 is 2.63 bits per heavy atom. The molecule has 0 amide bonds. The summed E-state index contributed by atoms with van der Waals surface area (Å²) < 4.78 is 0. The van der Waals surface area contributed by atoms with Gasteiger partial charge in [-0.25, -0.2) is 0 Å². The Morgan fingerprint density at radius 2 is 2.05 bits per heavy atom. The maximum absolute atomic E-state index is 6.26. The fourth-order valence-electron chi connectivity index (χ4n) is 1.92. The minimum Gasteiger partial charge on any atom is -0.378 e. The maximum Gasteiger partial charge on any atom is 0.0659 e. The van der Waals surface area contributed by atoms with Gasteiger partial charge in [0.05, 0.1) is 16.8 Å². The van der Waals surface area contributed by atoms with Crippen molar-refractivity contribution in [3.8, 4) is 0 Å². The van der Waals surface area contributed by atoms with Crippen LogP contribution >= 0.6 is 11.6 Å². The molecule has 2 aromatic rings. The Morgan fingerprint density at radius 1 is 1.26 bits per heavy atom. The van der Waals surface area contributed by atoms with E-state index in [4.69, 9.17) is 11.6 Å². The van der Waals surface area contributed by atoms with Gasteiger partial charge in [0, 0.05) is 32.2 Å². The highest BCUT2D eigenvalue weighted by Gasteiger charge is 2.07. The van der Waals surface area contributed by atoms with Crippen LogP contribution in [0.15, 0.2) is 42.7 Å². The van der Waals surface area contributed by atoms with Crippen molar-refractivity contribution in [1.82, 2.24) is 4.98 Å². The Balaban J connectivity index is 2.14. The Bertz CT molecular complexity index is 540. The summed E-state index contributed by atoms with van der Waals surface area (Å²) in [5, 5.41) is 4.17. The van der Waals surface area contributed by atoms with Crippen LogP contribution < -0.4 is 10.2 Å². The van der Waals surface area contributed by atoms with Gasteiger partial charge < -0.3 is 10.2 Å². The number of halogens is 1. The first kappa shape index (κ1) is 13.7. The van der Waals surface area contributed by atoms with E-state index in [0.29, 0.717) is 0 Å². The highest BCUT2D eigenvalue weighted by molar-refractivity contribution is 6.33. The Hall–Kier alpha value is -1.74. The number of pyridine rings is 1. The van der Waals surface area contributed by atoms with Crippen molar-refractivity contribution in [3.63, 3.8) is 0 Å². The van der Waals surface area contributed by atoms with Crippen LogP contribution in [0.25, 0.3) is 0 Å². The third-order valence-electron chi connectivity index (χ3n) is 3.00. The molecule has 1 aromatic carbocycles. The number of hydrogen-bond donors (Lipinski definition) is 1. The fraction of sp³-hybridized carbons (Fsp3) is 0.267. The van der Waals surface area contributed by atoms with Crippen LogP contribution in [-0.4, -0.2) is 19.1 Å². The third kappa shape index (κ3) is 3.38. The molecule has 4 heteroatoms. The molecule has 0 aliphatic heterocycles. The molecule has 0 spiro atoms. The average Bonchev–Trinajstić information content (AvgIpc) is 2.39. The van der Waals surface area contributed by atoms with Crippen molar-refractivity contribution >= 4 is 23.0 Å². The van der Waals surface area contributed by atoms with E-state index in [9.17, 15) is 0 Å². The second-order valence-electron chi connectivity index (χ2n) is 4.71. The molecule has 19 heavy (non-hydrogen) atoms. The predicted molar refractivity (Wildman–Crippen MR) is 82.1 cm³/mol. The molecular weight excluding hydrogens is 258 g/mol. The largest absolute Gasteiger partial charge is 0.378 e. The topological polar surface area (TPSA) is 28.2 Å². The van der Waals surface area contributed by atoms with Crippen molar-refractivity contribution in [2.45, 2.75) is 13.0 Å². The lowest BCUT2D eigenvalue weighted by molar-refractivity contribution is 0.875. The van der Waals surface area contributed by atoms with Gasteiger partial charge in [-0.15, -0.1) is 0 Å². The van der Waals surface area contributed by atoms with E-state index in [0.717, 1.165) is 22.0 Å². The molecule has 100 valence electrons. The van der Waals surface area contributed by atoms with Gasteiger partial charge >= 0.3 is 0 Å². The minimum absolute atomic E-state index is 0.190. The monoisotopic (exact) mass is 275 g/mol. The summed E-state index contributed by atoms with van der Waals surface area (Å²) in [5.41, 5.74) is 3.17. The van der Waals surface area contributed by atoms with E-state index < -0.39 is 0 Å². The number of aromatic nitrogens is 1. The first-order valence-corrected chi connectivity index (χ1v) is 6.59. The average molecular weight is 276 g/mol. The standard InChI is InChI=1S/C15H18ClN3/c1-11(12-5-4-8-17-10-12)18-13-6-7-15(19(2)3)14(16)9-13/h4-11,18H,1-3H3. The molecule has 3 nitrogen and oxygen atoms in total. The number of nitrogens with zero attached hydrogens (tertiary/aromatic N) is 2. The second-order valence-corrected chi connectivity index (χ2v) is 5.12. The first-order valence-electron chi connectivity index (χ1n) is 6.21. The summed E-state index contributed by atoms with van der Waals surface area (Å²) in [7, 11) is 3.96. The van der Waals surface area contributed by atoms with E-state index in [1.165, 1.54) is 0 Å². The summed E-state index contributed by atoms with van der Waals surface area (Å²) in [5.74, 6) is 0. The van der Waals surface area contributed by atoms with E-state index in [1.807, 2.05) is 49.5 Å². The smallest absolute Gasteiger partial charge is 0.0659 e. The predicted octanol–water partition coefficient (Wildman–Crippen LogP) is 3.97. The van der Waals surface area contributed by atoms with Crippen molar-refractivity contribution in [1.29, 1.82) is 0 Å². The van der Waals surface area contributed by atoms with Crippen LogP contribution in [0.5, 0.6) is 0 Å². The zero-order valence-corrected chi connectivity index (χ0v) is 12.1. The van der Waals surface area contributed by atoms with Gasteiger partial charge in [0.15, 0.2) is 0 Å². The van der Waals surface area contributed by atoms with Crippen LogP contribution in [0.4, 0.5) is 11.4 Å². The number of nitrogens with one attached hydrogen (secondary N) is 1. The van der Waals surface area contributed by atoms with Crippen LogP contribution in [0.3, 0.4) is 0 Å². The number of rotatable bonds is 4. The van der Waals surface area contributed by atoms with Gasteiger partial charge in [0.25, 0.3) is 0 Å². The van der Waals surface area contributed by atoms with E-state index in [-0.39, 0.29) is 6.04 Å². The maximum atomic E-state index is 6.26. The molecule has 1 N–H and O–H groups in total. The normalized spacial score (nSPS) is 12.0. The van der Waals surface area contributed by atoms with Gasteiger partial charge in [-0.05, 0) is 36.8 Å². The van der Waals surface area contributed by atoms with Gasteiger partial charge in [-0.1, -0.05) is 17.7 Å². The zero-order chi connectivity index (χ0) is 13.8. The minimum atomic E-state index is 0.190. The van der Waals surface area contributed by atoms with Gasteiger partial charge in [-0.3, -0.25) is 4.98 Å². The van der Waals surface area contributed by atoms with Crippen molar-refractivity contribution < 1.29 is 0 Å². The van der Waals surface area contributed by atoms with Crippen molar-refractivity contribution in [3.05, 3.63) is 53.3 Å². The highest BCUT2D eigenvalue weighted by Crippen LogP contribution is 2.29. The highest BCUT2D eigenvalue weighted by atomic mass is 35.5. The summed E-state index contributed by atoms with van der Waals surface area (Å²) >= 11 is 6.26. The quantitative estimate of drug-likeness (QED) is 0.915. The van der Waals surface area contributed by atoms with E-state index in [2.05, 4.69) is 23.3 Å². The molecule has 1 heterocycles. The zero-order valence-electron chi connectivity index (χ0n) is 11.4. The fourth-order valence-corrected chi connectivity index (χ4v) is 2.27. The molecule has 0 fully saturated rings. The molecule has 0 saturated carbocycles. The van der Waals surface area contributed by atoms with Crippen molar-refractivity contribution in [2.24, 2.45) is 0 Å². The van der Waals surface area contributed by atoms with Gasteiger partial charge in [0.2, 0.25) is 0 Å². The van der Waals surface area contributed by atoms with E-state index in [1.54, 1.807) is 6.20 Å². The molecule has 0 aliphatic carbocycles. The SMILES string of the molecule is CC(Nc1ccc(N(C)C)c(Cl)c1)c1cccnc1. The van der Waals surface area contributed by atoms with Crippen LogP contribution in [0, 0.1) is 0 Å². The number of anilines is 2. The number of benzene rings is 1. The lowest BCUT2D eigenvalue weighted by Crippen LogP contribution is -2.10.